The first-order chi connectivity index (χ1) is 28.1. The van der Waals surface area contributed by atoms with Crippen molar-refractivity contribution in [3.8, 4) is 0 Å². The zero-order valence-electron chi connectivity index (χ0n) is 35.4. The molecule has 0 aliphatic rings. The molecule has 0 heterocycles. The van der Waals surface area contributed by atoms with Gasteiger partial charge in [-0.15, -0.1) is 44.7 Å². The van der Waals surface area contributed by atoms with Crippen LogP contribution in [0.4, 0.5) is 0 Å². The molecule has 0 unspecified atom stereocenters. The summed E-state index contributed by atoms with van der Waals surface area (Å²) in [7, 11) is 199. The highest BCUT2D eigenvalue weighted by molar-refractivity contribution is 14.3. The average molecular weight is 903 g/mol. The van der Waals surface area contributed by atoms with Gasteiger partial charge in [0.05, 0.1) is 0 Å². The van der Waals surface area contributed by atoms with Crippen molar-refractivity contribution >= 4 is 464 Å². The first-order valence-corrected chi connectivity index (χ1v) is 22.6. The van der Waals surface area contributed by atoms with Crippen molar-refractivity contribution in [3.05, 3.63) is 0 Å². The van der Waals surface area contributed by atoms with E-state index in [1.54, 1.807) is 0 Å². The Morgan fingerprint density at radius 3 is 0.339 bits per heavy atom. The van der Waals surface area contributed by atoms with Crippen molar-refractivity contribution < 1.29 is 0 Å². The molecule has 0 saturated heterocycles. The molecule has 0 rings (SSSR count). The third-order valence-electron chi connectivity index (χ3n) is 12.7. The fourth-order valence-electron chi connectivity index (χ4n) is 10.6. The highest BCUT2D eigenvalue weighted by Crippen LogP contribution is 2.27. The summed E-state index contributed by atoms with van der Waals surface area (Å²) in [6.45, 7) is 0. The van der Waals surface area contributed by atoms with Gasteiger partial charge in [0.15, 0.2) is 0 Å². The summed E-state index contributed by atoms with van der Waals surface area (Å²) in [5.74, 6) is 0. The molecule has 60 radical (unpaired) electrons. The third-order valence-corrected chi connectivity index (χ3v) is 14.4. The summed E-state index contributed by atoms with van der Waals surface area (Å²) in [5, 5.41) is 0. The van der Waals surface area contributed by atoms with Crippen LogP contribution in [0.15, 0.2) is 0 Å². The van der Waals surface area contributed by atoms with Crippen molar-refractivity contribution in [2.24, 2.45) is 0 Å². The van der Waals surface area contributed by atoms with Gasteiger partial charge in [-0.2, -0.15) is 0 Å². The molecule has 0 nitrogen and oxygen atoms in total. The van der Waals surface area contributed by atoms with Gasteiger partial charge in [-0.25, -0.2) is 0 Å². The number of hydrogen-bond acceptors (Lipinski definition) is 0. The molecule has 0 aliphatic heterocycles. The molecular formula is B60I2. The van der Waals surface area contributed by atoms with Crippen molar-refractivity contribution in [2.45, 2.75) is 0 Å². The minimum absolute atomic E-state index is 0.732. The topological polar surface area (TPSA) is 0 Å². The minimum atomic E-state index is -1.43. The summed E-state index contributed by atoms with van der Waals surface area (Å²) in [6, 6.07) is 0. The van der Waals surface area contributed by atoms with Gasteiger partial charge in [-0.05, 0) is 0 Å². The van der Waals surface area contributed by atoms with Gasteiger partial charge in [-0.3, -0.25) is 0 Å². The lowest BCUT2D eigenvalue weighted by atomic mass is 8.25. The normalized spacial score (nSPS) is 9.77. The Bertz CT molecular complexity index is 989. The standard InChI is InChI=1S/B60I2/c1-31(2)46(32(3)4)53(45(29)30)57(54(47(33(5)6)34(7)8)48(35(9)10)36(11)12)59(60(61)62)58(55(49(37(13)14)38(15)16)50(39(17)18)40(19)20)56(51(41(21)22)42(23)24)52(43(25)26)44(27)28. The summed E-state index contributed by atoms with van der Waals surface area (Å²) in [6.07, 6.45) is -37.8. The van der Waals surface area contributed by atoms with E-state index in [0.717, 1.165) is 0 Å². The predicted molar refractivity (Wildman–Crippen MR) is 373 cm³/mol. The van der Waals surface area contributed by atoms with Crippen LogP contribution in [-0.2, 0) is 0 Å². The zero-order valence-corrected chi connectivity index (χ0v) is 39.7. The molecule has 0 aromatic carbocycles. The Balaban J connectivity index is 10.5. The number of hydrogen-bond donors (Lipinski definition) is 0. The van der Waals surface area contributed by atoms with Crippen LogP contribution in [0.2, 0.25) is 0 Å². The Kier molecular flexibility index (Phi) is 33.9. The average Bonchev–Trinajstić information content (AvgIpc) is 3.04. The second-order valence-corrected chi connectivity index (χ2v) is 22.1. The first kappa shape index (κ1) is 67.4. The van der Waals surface area contributed by atoms with Gasteiger partial charge < -0.3 is 0 Å². The van der Waals surface area contributed by atoms with Crippen molar-refractivity contribution in [3.63, 3.8) is 0 Å². The lowest BCUT2D eigenvalue weighted by molar-refractivity contribution is 3.19. The van der Waals surface area contributed by atoms with Crippen LogP contribution >= 0.6 is 44.7 Å². The SMILES string of the molecule is [B]B([B])B(B([B])[B])B(B([B])[B])B(B(B(I)I)B(B(B(B([B])[B])B([B])[B])B(B([B])[B])B([B])[B])B(B(B([B])[B])B([B])[B])B(B([B])[B])B([B])[B])B(B(B([B])[B])B([B])[B])B(B([B])[B])B([B])[B]. The van der Waals surface area contributed by atoms with Crippen LogP contribution in [0.25, 0.3) is 0 Å². The second kappa shape index (κ2) is 31.2. The van der Waals surface area contributed by atoms with Crippen LogP contribution in [0.3, 0.4) is 0 Å². The fraction of sp³-hybridized carbons (Fsp3) is 0. The maximum Gasteiger partial charge on any atom is 0.238 e. The molecule has 62 heteroatoms. The van der Waals surface area contributed by atoms with Gasteiger partial charge in [0.25, 0.3) is 0 Å². The molecule has 0 amide bonds. The van der Waals surface area contributed by atoms with Crippen LogP contribution in [0.1, 0.15) is 0 Å². The summed E-state index contributed by atoms with van der Waals surface area (Å²) in [5.41, 5.74) is 0. The van der Waals surface area contributed by atoms with Crippen LogP contribution < -0.4 is 0 Å². The summed E-state index contributed by atoms with van der Waals surface area (Å²) < 4.78 is -0.732. The molecule has 0 spiro atoms. The highest BCUT2D eigenvalue weighted by atomic mass is 127. The maximum absolute atomic E-state index is 6.85. The maximum atomic E-state index is 6.85. The van der Waals surface area contributed by atoms with Gasteiger partial charge in [0, 0.05) is 417 Å². The second-order valence-electron chi connectivity index (χ2n) is 17.1. The molecule has 62 heavy (non-hydrogen) atoms. The van der Waals surface area contributed by atoms with Crippen molar-refractivity contribution in [1.29, 1.82) is 0 Å². The molecule has 0 bridgehead atoms. The van der Waals surface area contributed by atoms with E-state index in [4.69, 9.17) is 232 Å². The van der Waals surface area contributed by atoms with Crippen LogP contribution in [0, 0.1) is 0 Å². The Morgan fingerprint density at radius 1 is 0.129 bits per heavy atom. The highest BCUT2D eigenvalue weighted by Gasteiger charge is 2.63. The largest absolute Gasteiger partial charge is 0.238 e. The van der Waals surface area contributed by atoms with E-state index < -0.39 is 187 Å². The van der Waals surface area contributed by atoms with Crippen molar-refractivity contribution in [1.82, 2.24) is 0 Å². The lowest BCUT2D eigenvalue weighted by Gasteiger charge is -2.57. The molecule has 0 saturated carbocycles. The molecule has 0 fully saturated rings. The smallest absolute Gasteiger partial charge is 0.146 e. The zero-order chi connectivity index (χ0) is 49.3. The van der Waals surface area contributed by atoms with E-state index in [0.29, 0.717) is 0 Å². The third kappa shape index (κ3) is 18.4. The van der Waals surface area contributed by atoms with Gasteiger partial charge in [0.1, 0.15) is 0 Å². The van der Waals surface area contributed by atoms with Crippen LogP contribution in [0.5, 0.6) is 0 Å². The van der Waals surface area contributed by atoms with Crippen molar-refractivity contribution in [2.75, 3.05) is 0 Å². The monoisotopic (exact) mass is 914 g/mol. The molecule has 0 aliphatic carbocycles. The van der Waals surface area contributed by atoms with Gasteiger partial charge >= 0.3 is 0 Å². The fourth-order valence-corrected chi connectivity index (χ4v) is 12.5. The van der Waals surface area contributed by atoms with E-state index in [1.807, 2.05) is 0 Å². The first-order valence-electron chi connectivity index (χ1n) is 20.1. The minimum Gasteiger partial charge on any atom is -0.146 e. The molecule has 0 N–H and O–H groups in total. The Labute approximate surface area is 459 Å². The van der Waals surface area contributed by atoms with E-state index in [9.17, 15) is 0 Å². The summed E-state index contributed by atoms with van der Waals surface area (Å²) >= 11 is 4.26. The number of rotatable bonds is 29. The molecule has 0 aromatic heterocycles. The van der Waals surface area contributed by atoms with E-state index in [1.165, 1.54) is 0 Å². The van der Waals surface area contributed by atoms with Gasteiger partial charge in [0.2, 0.25) is 2.32 Å². The molecular weight excluding hydrogens is 903 g/mol. The molecule has 194 valence electrons. The van der Waals surface area contributed by atoms with E-state index >= 15 is 0 Å². The lowest BCUT2D eigenvalue weighted by Crippen LogP contribution is -2.95. The van der Waals surface area contributed by atoms with E-state index in [-0.39, 0.29) is 0 Å². The molecule has 0 atom stereocenters. The Hall–Kier alpha value is 5.36. The van der Waals surface area contributed by atoms with Crippen LogP contribution in [-0.4, -0.2) is 420 Å². The molecule has 0 aromatic rings. The summed E-state index contributed by atoms with van der Waals surface area (Å²) in [4.78, 5) is 0. The van der Waals surface area contributed by atoms with Gasteiger partial charge in [-0.1, -0.05) is 0 Å². The Morgan fingerprint density at radius 2 is 0.226 bits per heavy atom. The van der Waals surface area contributed by atoms with E-state index in [2.05, 4.69) is 44.7 Å². The quantitative estimate of drug-likeness (QED) is 0.0518. The predicted octanol–water partition coefficient (Wildman–Crippen LogP) is -21.1. The number of halogens is 2.